The summed E-state index contributed by atoms with van der Waals surface area (Å²) in [5.74, 6) is -1.96. The number of ketones is 1. The van der Waals surface area contributed by atoms with Crippen LogP contribution in [0.1, 0.15) is 42.3 Å². The van der Waals surface area contributed by atoms with Gasteiger partial charge in [-0.3, -0.25) is 4.79 Å². The van der Waals surface area contributed by atoms with E-state index in [1.54, 1.807) is 39.0 Å². The quantitative estimate of drug-likeness (QED) is 0.166. The number of fused-ring (bicyclic) bond motifs is 3. The molecule has 1 atom stereocenters. The molecule has 0 spiro atoms. The molecule has 0 aliphatic rings. The van der Waals surface area contributed by atoms with Crippen molar-refractivity contribution in [3.05, 3.63) is 107 Å². The van der Waals surface area contributed by atoms with Crippen molar-refractivity contribution in [1.82, 2.24) is 5.32 Å². The number of halogens is 1. The predicted octanol–water partition coefficient (Wildman–Crippen LogP) is 7.83. The molecular weight excluding hydrogens is 569 g/mol. The molecule has 0 aliphatic carbocycles. The minimum Gasteiger partial charge on any atom is -0.480 e. The lowest BCUT2D eigenvalue weighted by molar-refractivity contribution is -0.138. The summed E-state index contributed by atoms with van der Waals surface area (Å²) in [4.78, 5) is 36.7. The van der Waals surface area contributed by atoms with Crippen molar-refractivity contribution in [2.45, 2.75) is 38.2 Å². The maximum absolute atomic E-state index is 14.9. The number of hydrogen-bond acceptors (Lipinski definition) is 6. The Hall–Kier alpha value is -4.63. The van der Waals surface area contributed by atoms with Gasteiger partial charge in [0.05, 0.1) is 0 Å². The van der Waals surface area contributed by atoms with Crippen LogP contribution in [-0.4, -0.2) is 40.3 Å². The van der Waals surface area contributed by atoms with E-state index < -0.39 is 29.5 Å². The molecule has 4 aromatic carbocycles. The van der Waals surface area contributed by atoms with E-state index in [-0.39, 0.29) is 22.9 Å². The van der Waals surface area contributed by atoms with Crippen molar-refractivity contribution in [1.29, 1.82) is 0 Å². The number of para-hydroxylation sites is 2. The molecule has 5 rings (SSSR count). The van der Waals surface area contributed by atoms with Gasteiger partial charge in [-0.05, 0) is 44.0 Å². The third-order valence-corrected chi connectivity index (χ3v) is 7.79. The molecule has 0 aliphatic heterocycles. The molecule has 9 heteroatoms. The Bertz CT molecular complexity index is 1820. The van der Waals surface area contributed by atoms with Crippen LogP contribution in [0.2, 0.25) is 0 Å². The van der Waals surface area contributed by atoms with Crippen LogP contribution in [0, 0.1) is 5.82 Å². The number of benzene rings is 4. The van der Waals surface area contributed by atoms with E-state index in [4.69, 9.17) is 9.15 Å². The summed E-state index contributed by atoms with van der Waals surface area (Å²) >= 11 is 1.15. The second kappa shape index (κ2) is 12.3. The average Bonchev–Trinajstić information content (AvgIpc) is 3.35. The summed E-state index contributed by atoms with van der Waals surface area (Å²) in [6, 6.07) is 24.0. The van der Waals surface area contributed by atoms with E-state index in [0.717, 1.165) is 44.8 Å². The first-order valence-electron chi connectivity index (χ1n) is 13.6. The van der Waals surface area contributed by atoms with Gasteiger partial charge in [-0.2, -0.15) is 11.8 Å². The highest BCUT2D eigenvalue weighted by molar-refractivity contribution is 7.98. The Kier molecular flexibility index (Phi) is 8.54. The summed E-state index contributed by atoms with van der Waals surface area (Å²) in [6.45, 7) is 5.02. The molecule has 0 bridgehead atoms. The monoisotopic (exact) mass is 599 g/mol. The molecule has 1 aromatic heterocycles. The zero-order chi connectivity index (χ0) is 30.7. The van der Waals surface area contributed by atoms with E-state index in [0.29, 0.717) is 11.1 Å². The van der Waals surface area contributed by atoms with Crippen LogP contribution in [0.3, 0.4) is 0 Å². The standard InChI is InChI=1S/C34H30FNO6S/c1-34(2,3)42-33(40)36-28(32(38)39)19-43-18-23-16-15-22(17-27(23)35)30(37)21-13-11-20(12-14-21)24-8-6-9-26-25-7-4-5-10-29(25)41-31(24)26/h4-17,28H,18-19H2,1-3H3,(H,36,40)(H,38,39). The van der Waals surface area contributed by atoms with Crippen LogP contribution in [0.5, 0.6) is 0 Å². The first-order chi connectivity index (χ1) is 20.5. The van der Waals surface area contributed by atoms with Gasteiger partial charge in [0, 0.05) is 39.0 Å². The van der Waals surface area contributed by atoms with Crippen LogP contribution in [0.25, 0.3) is 33.1 Å². The average molecular weight is 600 g/mol. The molecule has 220 valence electrons. The number of aliphatic carboxylic acids is 1. The number of thioether (sulfide) groups is 1. The highest BCUT2D eigenvalue weighted by Gasteiger charge is 2.24. The summed E-state index contributed by atoms with van der Waals surface area (Å²) in [5.41, 5.74) is 3.54. The summed E-state index contributed by atoms with van der Waals surface area (Å²) in [5, 5.41) is 13.8. The number of amides is 1. The van der Waals surface area contributed by atoms with E-state index in [1.165, 1.54) is 12.1 Å². The third kappa shape index (κ3) is 6.89. The lowest BCUT2D eigenvalue weighted by atomic mass is 9.97. The first-order valence-corrected chi connectivity index (χ1v) is 14.8. The van der Waals surface area contributed by atoms with Crippen molar-refractivity contribution >= 4 is 51.5 Å². The number of hydrogen-bond donors (Lipinski definition) is 2. The molecule has 1 unspecified atom stereocenters. The van der Waals surface area contributed by atoms with Crippen LogP contribution >= 0.6 is 11.8 Å². The highest BCUT2D eigenvalue weighted by atomic mass is 32.2. The van der Waals surface area contributed by atoms with Gasteiger partial charge in [0.2, 0.25) is 0 Å². The minimum atomic E-state index is -1.22. The fourth-order valence-electron chi connectivity index (χ4n) is 4.66. The van der Waals surface area contributed by atoms with E-state index in [2.05, 4.69) is 5.32 Å². The maximum atomic E-state index is 14.9. The predicted molar refractivity (Wildman–Crippen MR) is 166 cm³/mol. The molecule has 0 fully saturated rings. The maximum Gasteiger partial charge on any atom is 0.408 e. The van der Waals surface area contributed by atoms with E-state index in [9.17, 15) is 23.9 Å². The van der Waals surface area contributed by atoms with Crippen molar-refractivity contribution in [2.24, 2.45) is 0 Å². The zero-order valence-corrected chi connectivity index (χ0v) is 24.7. The smallest absolute Gasteiger partial charge is 0.408 e. The summed E-state index contributed by atoms with van der Waals surface area (Å²) in [6.07, 6.45) is -0.839. The fourth-order valence-corrected chi connectivity index (χ4v) is 5.69. The molecule has 43 heavy (non-hydrogen) atoms. The second-order valence-electron chi connectivity index (χ2n) is 11.0. The van der Waals surface area contributed by atoms with Crippen LogP contribution in [0.15, 0.2) is 89.3 Å². The number of rotatable bonds is 9. The van der Waals surface area contributed by atoms with Crippen LogP contribution in [0.4, 0.5) is 9.18 Å². The van der Waals surface area contributed by atoms with Crippen LogP contribution in [-0.2, 0) is 15.3 Å². The van der Waals surface area contributed by atoms with Crippen LogP contribution < -0.4 is 5.32 Å². The molecule has 0 saturated carbocycles. The first kappa shape index (κ1) is 29.8. The molecule has 0 saturated heterocycles. The number of carboxylic acid groups (broad SMARTS) is 1. The van der Waals surface area contributed by atoms with Gasteiger partial charge in [-0.1, -0.05) is 72.8 Å². The van der Waals surface area contributed by atoms with E-state index >= 15 is 0 Å². The molecule has 7 nitrogen and oxygen atoms in total. The largest absolute Gasteiger partial charge is 0.480 e. The Balaban J connectivity index is 1.24. The molecule has 1 heterocycles. The van der Waals surface area contributed by atoms with Crippen molar-refractivity contribution < 1.29 is 33.0 Å². The Morgan fingerprint density at radius 3 is 2.33 bits per heavy atom. The molecule has 5 aromatic rings. The molecule has 0 radical (unpaired) electrons. The SMILES string of the molecule is CC(C)(C)OC(=O)NC(CSCc1ccc(C(=O)c2ccc(-c3cccc4c3oc3ccccc34)cc2)cc1F)C(=O)O. The number of carbonyl (C=O) groups excluding carboxylic acids is 2. The van der Waals surface area contributed by atoms with Gasteiger partial charge in [-0.25, -0.2) is 14.0 Å². The number of furan rings is 1. The lowest BCUT2D eigenvalue weighted by Gasteiger charge is -2.21. The topological polar surface area (TPSA) is 106 Å². The van der Waals surface area contributed by atoms with Crippen molar-refractivity contribution in [3.8, 4) is 11.1 Å². The fraction of sp³-hybridized carbons (Fsp3) is 0.206. The van der Waals surface area contributed by atoms with E-state index in [1.807, 2.05) is 54.6 Å². The van der Waals surface area contributed by atoms with Gasteiger partial charge in [0.1, 0.15) is 28.6 Å². The molecule has 1 amide bonds. The number of alkyl carbamates (subject to hydrolysis) is 1. The van der Waals surface area contributed by atoms with Gasteiger partial charge in [-0.15, -0.1) is 0 Å². The molecule has 2 N–H and O–H groups in total. The van der Waals surface area contributed by atoms with Gasteiger partial charge < -0.3 is 19.6 Å². The van der Waals surface area contributed by atoms with Gasteiger partial charge >= 0.3 is 12.1 Å². The lowest BCUT2D eigenvalue weighted by Crippen LogP contribution is -2.44. The minimum absolute atomic E-state index is 0.00278. The number of carboxylic acids is 1. The highest BCUT2D eigenvalue weighted by Crippen LogP contribution is 2.35. The third-order valence-electron chi connectivity index (χ3n) is 6.71. The number of ether oxygens (including phenoxy) is 1. The number of carbonyl (C=O) groups is 3. The van der Waals surface area contributed by atoms with Crippen molar-refractivity contribution in [3.63, 3.8) is 0 Å². The van der Waals surface area contributed by atoms with Gasteiger partial charge in [0.25, 0.3) is 0 Å². The normalized spacial score (nSPS) is 12.3. The zero-order valence-electron chi connectivity index (χ0n) is 23.8. The van der Waals surface area contributed by atoms with Crippen molar-refractivity contribution in [2.75, 3.05) is 5.75 Å². The Morgan fingerprint density at radius 2 is 1.63 bits per heavy atom. The summed E-state index contributed by atoms with van der Waals surface area (Å²) < 4.78 is 26.2. The Morgan fingerprint density at radius 1 is 0.930 bits per heavy atom. The molecular formula is C34H30FNO6S. The summed E-state index contributed by atoms with van der Waals surface area (Å²) in [7, 11) is 0. The Labute approximate surface area is 252 Å². The second-order valence-corrected chi connectivity index (χ2v) is 12.1. The number of nitrogens with one attached hydrogen (secondary N) is 1. The van der Waals surface area contributed by atoms with Gasteiger partial charge in [0.15, 0.2) is 5.78 Å².